The summed E-state index contributed by atoms with van der Waals surface area (Å²) in [6, 6.07) is 4.26. The summed E-state index contributed by atoms with van der Waals surface area (Å²) in [7, 11) is 4.31. The summed E-state index contributed by atoms with van der Waals surface area (Å²) in [4.78, 5) is 60.3. The number of ketones is 1. The number of nitrogens with one attached hydrogen (secondary N) is 1. The number of nitrogens with two attached hydrogens (primary N) is 1. The molecule has 1 heterocycles. The lowest BCUT2D eigenvalue weighted by Crippen LogP contribution is -2.54. The first-order valence-electron chi connectivity index (χ1n) is 18.5. The minimum absolute atomic E-state index is 0.0243. The van der Waals surface area contributed by atoms with Crippen LogP contribution in [0.2, 0.25) is 0 Å². The molecule has 14 heteroatoms. The zero-order chi connectivity index (χ0) is 39.7. The van der Waals surface area contributed by atoms with Gasteiger partial charge in [-0.05, 0) is 69.0 Å². The van der Waals surface area contributed by atoms with Gasteiger partial charge < -0.3 is 25.0 Å². The van der Waals surface area contributed by atoms with Crippen LogP contribution in [0.25, 0.3) is 0 Å². The Labute approximate surface area is 312 Å². The molecule has 296 valence electrons. The summed E-state index contributed by atoms with van der Waals surface area (Å²) in [6.45, 7) is 14.0. The number of hydrogen-bond acceptors (Lipinski definition) is 10. The summed E-state index contributed by atoms with van der Waals surface area (Å²) in [5, 5.41) is 0. The average Bonchev–Trinajstić information content (AvgIpc) is 3.55. The highest BCUT2D eigenvalue weighted by Crippen LogP contribution is 2.31. The van der Waals surface area contributed by atoms with Gasteiger partial charge in [0.2, 0.25) is 17.7 Å². The molecule has 0 saturated carbocycles. The van der Waals surface area contributed by atoms with Crippen molar-refractivity contribution in [1.29, 1.82) is 0 Å². The third kappa shape index (κ3) is 11.2. The van der Waals surface area contributed by atoms with Crippen LogP contribution in [0.3, 0.4) is 0 Å². The first-order valence-corrected chi connectivity index (χ1v) is 19.9. The number of nitrogen functional groups attached to an aromatic ring is 1. The van der Waals surface area contributed by atoms with Gasteiger partial charge in [0.15, 0.2) is 5.78 Å². The summed E-state index contributed by atoms with van der Waals surface area (Å²) >= 11 is 0. The van der Waals surface area contributed by atoms with Gasteiger partial charge in [0.05, 0.1) is 47.6 Å². The predicted octanol–water partition coefficient (Wildman–Crippen LogP) is 3.81. The molecule has 0 bridgehead atoms. The Morgan fingerprint density at radius 1 is 0.942 bits per heavy atom. The molecule has 3 N–H and O–H groups in total. The number of nitrogens with zero attached hydrogens (tertiary/aromatic N) is 3. The zero-order valence-corrected chi connectivity index (χ0v) is 34.2. The molecular formula is C38H65N5O8S. The van der Waals surface area contributed by atoms with E-state index >= 15 is 0 Å². The van der Waals surface area contributed by atoms with Crippen molar-refractivity contribution in [2.75, 3.05) is 47.6 Å². The third-order valence-electron chi connectivity index (χ3n) is 10.7. The van der Waals surface area contributed by atoms with Crippen molar-refractivity contribution < 1.29 is 37.1 Å². The van der Waals surface area contributed by atoms with Crippen LogP contribution in [0, 0.1) is 29.6 Å². The normalized spacial score (nSPS) is 19.2. The fourth-order valence-electron chi connectivity index (χ4n) is 7.70. The van der Waals surface area contributed by atoms with Crippen LogP contribution in [0.15, 0.2) is 29.2 Å². The average molecular weight is 752 g/mol. The molecule has 8 atom stereocenters. The molecule has 13 nitrogen and oxygen atoms in total. The summed E-state index contributed by atoms with van der Waals surface area (Å²) in [6.07, 6.45) is 0.611. The number of anilines is 1. The number of benzene rings is 1. The molecule has 1 aromatic carbocycles. The van der Waals surface area contributed by atoms with Gasteiger partial charge in [-0.2, -0.15) is 0 Å². The standard InChI is InChI=1S/C38H65N5O8S/c1-13-25(6)35(42(10)38(47)29(23(2)3)21-31(44)34(24(4)5)41(8)9)32(50-11)22-33(45)43-20-14-15-30(43)36(51-12)26(7)37(46)40-52(48,49)28-18-16-27(39)17-19-28/h16-19,23-26,29-30,32,34-36H,13-15,20-22,39H2,1-12H3,(H,40,46)/t25-,26+,29?,30-,32+,34?,35-,36+/m0/s1. The zero-order valence-electron chi connectivity index (χ0n) is 33.4. The van der Waals surface area contributed by atoms with E-state index in [1.54, 1.807) is 23.8 Å². The van der Waals surface area contributed by atoms with Crippen molar-refractivity contribution in [1.82, 2.24) is 19.4 Å². The Hall–Kier alpha value is -3.07. The van der Waals surface area contributed by atoms with Crippen molar-refractivity contribution in [3.05, 3.63) is 24.3 Å². The number of ether oxygens (including phenoxy) is 2. The van der Waals surface area contributed by atoms with E-state index in [1.165, 1.54) is 38.5 Å². The van der Waals surface area contributed by atoms with Gasteiger partial charge in [-0.25, -0.2) is 13.1 Å². The topological polar surface area (TPSA) is 169 Å². The highest BCUT2D eigenvalue weighted by Gasteiger charge is 2.43. The number of carbonyl (C=O) groups is 4. The lowest BCUT2D eigenvalue weighted by Gasteiger charge is -2.41. The van der Waals surface area contributed by atoms with Crippen molar-refractivity contribution in [2.24, 2.45) is 29.6 Å². The van der Waals surface area contributed by atoms with E-state index in [-0.39, 0.29) is 59.1 Å². The molecule has 0 aliphatic carbocycles. The number of likely N-dealkylation sites (tertiary alicyclic amines) is 1. The highest BCUT2D eigenvalue weighted by atomic mass is 32.2. The number of Topliss-reactive ketones (excluding diaryl/α,β-unsaturated/α-hetero) is 1. The SMILES string of the molecule is CC[C@H](C)[C@@H]([C@@H](CC(=O)N1CCC[C@H]1[C@H](OC)[C@@H](C)C(=O)NS(=O)(=O)c1ccc(N)cc1)OC)N(C)C(=O)C(CC(=O)C(C(C)C)N(C)C)C(C)C. The van der Waals surface area contributed by atoms with E-state index < -0.39 is 52.1 Å². The van der Waals surface area contributed by atoms with Crippen molar-refractivity contribution in [3.63, 3.8) is 0 Å². The number of rotatable bonds is 20. The Kier molecular flexibility index (Phi) is 17.2. The van der Waals surface area contributed by atoms with Crippen LogP contribution in [0.4, 0.5) is 5.69 Å². The maximum Gasteiger partial charge on any atom is 0.264 e. The molecular weight excluding hydrogens is 687 g/mol. The summed E-state index contributed by atoms with van der Waals surface area (Å²) < 4.78 is 39.8. The van der Waals surface area contributed by atoms with E-state index in [2.05, 4.69) is 4.72 Å². The first-order chi connectivity index (χ1) is 24.2. The fraction of sp³-hybridized carbons (Fsp3) is 0.737. The maximum atomic E-state index is 14.2. The smallest absolute Gasteiger partial charge is 0.264 e. The van der Waals surface area contributed by atoms with E-state index in [1.807, 2.05) is 60.5 Å². The molecule has 2 rings (SSSR count). The molecule has 52 heavy (non-hydrogen) atoms. The van der Waals surface area contributed by atoms with E-state index in [4.69, 9.17) is 15.2 Å². The van der Waals surface area contributed by atoms with Crippen LogP contribution in [-0.2, 0) is 38.7 Å². The van der Waals surface area contributed by atoms with Gasteiger partial charge in [0, 0.05) is 45.8 Å². The second-order valence-electron chi connectivity index (χ2n) is 15.3. The molecule has 1 aliphatic heterocycles. The lowest BCUT2D eigenvalue weighted by molar-refractivity contribution is -0.149. The Morgan fingerprint density at radius 3 is 2.02 bits per heavy atom. The van der Waals surface area contributed by atoms with Crippen LogP contribution in [0.1, 0.15) is 80.6 Å². The number of likely N-dealkylation sites (N-methyl/N-ethyl adjacent to an activating group) is 2. The molecule has 3 amide bonds. The van der Waals surface area contributed by atoms with Crippen LogP contribution in [0.5, 0.6) is 0 Å². The summed E-state index contributed by atoms with van der Waals surface area (Å²) in [5.74, 6) is -2.59. The number of carbonyl (C=O) groups excluding carboxylic acids is 4. The number of amides is 3. The first kappa shape index (κ1) is 45.1. The maximum absolute atomic E-state index is 14.2. The van der Waals surface area contributed by atoms with E-state index in [0.717, 1.165) is 6.42 Å². The fourth-order valence-corrected chi connectivity index (χ4v) is 8.76. The van der Waals surface area contributed by atoms with Gasteiger partial charge in [0.1, 0.15) is 0 Å². The Morgan fingerprint density at radius 2 is 1.54 bits per heavy atom. The molecule has 1 aromatic rings. The monoisotopic (exact) mass is 751 g/mol. The second kappa shape index (κ2) is 19.8. The summed E-state index contributed by atoms with van der Waals surface area (Å²) in [5.41, 5.74) is 6.07. The van der Waals surface area contributed by atoms with Gasteiger partial charge in [-0.1, -0.05) is 54.9 Å². The second-order valence-corrected chi connectivity index (χ2v) is 17.0. The molecule has 0 spiro atoms. The highest BCUT2D eigenvalue weighted by molar-refractivity contribution is 7.90. The molecule has 0 radical (unpaired) electrons. The molecule has 1 saturated heterocycles. The van der Waals surface area contributed by atoms with Gasteiger partial charge >= 0.3 is 0 Å². The minimum Gasteiger partial charge on any atom is -0.399 e. The van der Waals surface area contributed by atoms with E-state index in [9.17, 15) is 27.6 Å². The number of hydrogen-bond donors (Lipinski definition) is 2. The molecule has 1 fully saturated rings. The number of methoxy groups -OCH3 is 2. The molecule has 1 aliphatic rings. The quantitative estimate of drug-likeness (QED) is 0.187. The molecule has 2 unspecified atom stereocenters. The Balaban J connectivity index is 2.29. The van der Waals surface area contributed by atoms with Gasteiger partial charge in [-0.15, -0.1) is 0 Å². The van der Waals surface area contributed by atoms with Crippen molar-refractivity contribution in [3.8, 4) is 0 Å². The van der Waals surface area contributed by atoms with Crippen molar-refractivity contribution in [2.45, 2.75) is 116 Å². The van der Waals surface area contributed by atoms with E-state index in [0.29, 0.717) is 25.1 Å². The van der Waals surface area contributed by atoms with Crippen molar-refractivity contribution >= 4 is 39.2 Å². The van der Waals surface area contributed by atoms with Crippen LogP contribution < -0.4 is 10.5 Å². The Bertz CT molecular complexity index is 1440. The minimum atomic E-state index is -4.16. The predicted molar refractivity (Wildman–Crippen MR) is 203 cm³/mol. The lowest BCUT2D eigenvalue weighted by atomic mass is 9.83. The largest absolute Gasteiger partial charge is 0.399 e. The van der Waals surface area contributed by atoms with Gasteiger partial charge in [-0.3, -0.25) is 24.1 Å². The number of sulfonamides is 1. The van der Waals surface area contributed by atoms with Crippen LogP contribution in [-0.4, -0.2) is 119 Å². The third-order valence-corrected chi connectivity index (χ3v) is 12.1. The van der Waals surface area contributed by atoms with Crippen LogP contribution >= 0.6 is 0 Å². The van der Waals surface area contributed by atoms with Gasteiger partial charge in [0.25, 0.3) is 10.0 Å². The molecule has 0 aromatic heterocycles.